The number of piperazine rings is 1. The molecule has 2 aliphatic rings. The molecule has 1 heterocycles. The van der Waals surface area contributed by atoms with Crippen molar-refractivity contribution in [1.82, 2.24) is 13.9 Å². The summed E-state index contributed by atoms with van der Waals surface area (Å²) in [6, 6.07) is 0. The Kier molecular flexibility index (Phi) is 5.80. The van der Waals surface area contributed by atoms with Crippen molar-refractivity contribution in [3.05, 3.63) is 0 Å². The highest BCUT2D eigenvalue weighted by molar-refractivity contribution is 7.87. The second-order valence-corrected chi connectivity index (χ2v) is 7.88. The van der Waals surface area contributed by atoms with Gasteiger partial charge in [-0.05, 0) is 44.6 Å². The minimum atomic E-state index is -3.32. The fourth-order valence-corrected chi connectivity index (χ4v) is 4.23. The predicted octanol–water partition coefficient (Wildman–Crippen LogP) is -0.133. The van der Waals surface area contributed by atoms with Crippen LogP contribution in [0.2, 0.25) is 0 Å². The van der Waals surface area contributed by atoms with E-state index in [4.69, 9.17) is 5.11 Å². The Labute approximate surface area is 122 Å². The van der Waals surface area contributed by atoms with E-state index in [0.29, 0.717) is 31.5 Å². The van der Waals surface area contributed by atoms with Gasteiger partial charge in [0.1, 0.15) is 0 Å². The van der Waals surface area contributed by atoms with Crippen LogP contribution in [0.15, 0.2) is 0 Å². The summed E-state index contributed by atoms with van der Waals surface area (Å²) < 4.78 is 28.7. The molecule has 0 aromatic rings. The van der Waals surface area contributed by atoms with Crippen LogP contribution in [0.25, 0.3) is 0 Å². The van der Waals surface area contributed by atoms with Gasteiger partial charge in [0.25, 0.3) is 10.2 Å². The number of nitrogens with one attached hydrogen (secondary N) is 1. The van der Waals surface area contributed by atoms with Crippen LogP contribution < -0.4 is 4.72 Å². The zero-order valence-electron chi connectivity index (χ0n) is 12.3. The van der Waals surface area contributed by atoms with Gasteiger partial charge in [0.2, 0.25) is 0 Å². The number of nitrogens with zero attached hydrogens (tertiary/aromatic N) is 2. The van der Waals surface area contributed by atoms with Crippen LogP contribution in [0.1, 0.15) is 25.7 Å². The maximum Gasteiger partial charge on any atom is 0.279 e. The summed E-state index contributed by atoms with van der Waals surface area (Å²) in [7, 11) is -1.31. The molecule has 0 spiro atoms. The van der Waals surface area contributed by atoms with Crippen molar-refractivity contribution in [2.75, 3.05) is 46.4 Å². The van der Waals surface area contributed by atoms with E-state index >= 15 is 0 Å². The van der Waals surface area contributed by atoms with Crippen molar-refractivity contribution >= 4 is 10.2 Å². The van der Waals surface area contributed by atoms with Crippen molar-refractivity contribution in [3.63, 3.8) is 0 Å². The molecule has 2 rings (SSSR count). The average Bonchev–Trinajstić information content (AvgIpc) is 2.46. The second kappa shape index (κ2) is 7.17. The molecule has 0 aromatic heterocycles. The molecule has 2 fully saturated rings. The zero-order valence-corrected chi connectivity index (χ0v) is 13.1. The molecule has 2 N–H and O–H groups in total. The monoisotopic (exact) mass is 305 g/mol. The van der Waals surface area contributed by atoms with Crippen LogP contribution in [0.3, 0.4) is 0 Å². The Morgan fingerprint density at radius 2 is 1.60 bits per heavy atom. The fourth-order valence-electron chi connectivity index (χ4n) is 2.96. The van der Waals surface area contributed by atoms with E-state index in [-0.39, 0.29) is 6.61 Å². The third kappa shape index (κ3) is 4.39. The molecule has 1 aliphatic heterocycles. The van der Waals surface area contributed by atoms with Crippen LogP contribution in [-0.2, 0) is 10.2 Å². The summed E-state index contributed by atoms with van der Waals surface area (Å²) >= 11 is 0. The van der Waals surface area contributed by atoms with E-state index in [2.05, 4.69) is 9.62 Å². The lowest BCUT2D eigenvalue weighted by atomic mass is 9.82. The van der Waals surface area contributed by atoms with E-state index in [1.54, 1.807) is 4.31 Å². The first-order valence-electron chi connectivity index (χ1n) is 7.55. The maximum atomic E-state index is 12.2. The molecule has 6 nitrogen and oxygen atoms in total. The highest BCUT2D eigenvalue weighted by Crippen LogP contribution is 2.28. The first-order valence-corrected chi connectivity index (χ1v) is 8.99. The van der Waals surface area contributed by atoms with Gasteiger partial charge < -0.3 is 10.0 Å². The van der Waals surface area contributed by atoms with Gasteiger partial charge in [0.05, 0.1) is 0 Å². The number of hydrogen-bond acceptors (Lipinski definition) is 4. The Balaban J connectivity index is 1.75. The fraction of sp³-hybridized carbons (Fsp3) is 1.00. The third-order valence-electron chi connectivity index (χ3n) is 4.58. The van der Waals surface area contributed by atoms with Gasteiger partial charge in [0, 0.05) is 39.3 Å². The SMILES string of the molecule is CN1CCN(S(=O)(=O)NCC2CCC(CO)CC2)CC1. The number of rotatable bonds is 5. The molecule has 118 valence electrons. The molecular weight excluding hydrogens is 278 g/mol. The molecule has 20 heavy (non-hydrogen) atoms. The van der Waals surface area contributed by atoms with Crippen LogP contribution in [-0.4, -0.2) is 69.1 Å². The van der Waals surface area contributed by atoms with E-state index in [1.807, 2.05) is 7.05 Å². The Morgan fingerprint density at radius 1 is 1.05 bits per heavy atom. The van der Waals surface area contributed by atoms with E-state index < -0.39 is 10.2 Å². The number of aliphatic hydroxyl groups is 1. The van der Waals surface area contributed by atoms with Crippen molar-refractivity contribution in [2.45, 2.75) is 25.7 Å². The highest BCUT2D eigenvalue weighted by atomic mass is 32.2. The second-order valence-electron chi connectivity index (χ2n) is 6.13. The highest BCUT2D eigenvalue weighted by Gasteiger charge is 2.27. The smallest absolute Gasteiger partial charge is 0.279 e. The van der Waals surface area contributed by atoms with Crippen molar-refractivity contribution < 1.29 is 13.5 Å². The maximum absolute atomic E-state index is 12.2. The molecule has 0 atom stereocenters. The first kappa shape index (κ1) is 16.2. The predicted molar refractivity (Wildman–Crippen MR) is 78.5 cm³/mol. The van der Waals surface area contributed by atoms with Gasteiger partial charge >= 0.3 is 0 Å². The van der Waals surface area contributed by atoms with Crippen molar-refractivity contribution in [1.29, 1.82) is 0 Å². The van der Waals surface area contributed by atoms with Crippen LogP contribution in [0, 0.1) is 11.8 Å². The lowest BCUT2D eigenvalue weighted by Crippen LogP contribution is -2.51. The number of hydrogen-bond donors (Lipinski definition) is 2. The molecule has 1 aliphatic carbocycles. The summed E-state index contributed by atoms with van der Waals surface area (Å²) in [6.45, 7) is 3.53. The van der Waals surface area contributed by atoms with Crippen molar-refractivity contribution in [2.24, 2.45) is 11.8 Å². The Bertz CT molecular complexity index is 386. The Hall–Kier alpha value is -0.210. The van der Waals surface area contributed by atoms with Gasteiger partial charge in [-0.3, -0.25) is 0 Å². The third-order valence-corrected chi connectivity index (χ3v) is 6.16. The van der Waals surface area contributed by atoms with Gasteiger partial charge in [-0.2, -0.15) is 12.7 Å². The molecule has 0 amide bonds. The van der Waals surface area contributed by atoms with Gasteiger partial charge in [-0.15, -0.1) is 0 Å². The number of likely N-dealkylation sites (N-methyl/N-ethyl adjacent to an activating group) is 1. The van der Waals surface area contributed by atoms with Gasteiger partial charge in [-0.1, -0.05) is 0 Å². The van der Waals surface area contributed by atoms with Crippen molar-refractivity contribution in [3.8, 4) is 0 Å². The van der Waals surface area contributed by atoms with Crippen LogP contribution >= 0.6 is 0 Å². The standard InChI is InChI=1S/C13H27N3O3S/c1-15-6-8-16(9-7-15)20(18,19)14-10-12-2-4-13(11-17)5-3-12/h12-14,17H,2-11H2,1H3. The minimum absolute atomic E-state index is 0.264. The average molecular weight is 305 g/mol. The normalized spacial score (nSPS) is 30.5. The van der Waals surface area contributed by atoms with E-state index in [9.17, 15) is 8.42 Å². The summed E-state index contributed by atoms with van der Waals surface area (Å²) in [4.78, 5) is 2.14. The molecule has 0 bridgehead atoms. The molecule has 0 aromatic carbocycles. The summed E-state index contributed by atoms with van der Waals surface area (Å²) in [5, 5.41) is 9.11. The summed E-state index contributed by atoms with van der Waals surface area (Å²) in [5.74, 6) is 0.834. The summed E-state index contributed by atoms with van der Waals surface area (Å²) in [5.41, 5.74) is 0. The minimum Gasteiger partial charge on any atom is -0.396 e. The van der Waals surface area contributed by atoms with E-state index in [1.165, 1.54) is 0 Å². The molecule has 0 radical (unpaired) electrons. The van der Waals surface area contributed by atoms with Crippen LogP contribution in [0.4, 0.5) is 0 Å². The topological polar surface area (TPSA) is 72.9 Å². The summed E-state index contributed by atoms with van der Waals surface area (Å²) in [6.07, 6.45) is 4.04. The quantitative estimate of drug-likeness (QED) is 0.742. The number of aliphatic hydroxyl groups excluding tert-OH is 1. The largest absolute Gasteiger partial charge is 0.396 e. The molecule has 7 heteroatoms. The first-order chi connectivity index (χ1) is 9.51. The molecule has 1 saturated heterocycles. The molecule has 1 saturated carbocycles. The van der Waals surface area contributed by atoms with Gasteiger partial charge in [-0.25, -0.2) is 4.72 Å². The molecular formula is C13H27N3O3S. The zero-order chi connectivity index (χ0) is 14.6. The lowest BCUT2D eigenvalue weighted by molar-refractivity contribution is 0.167. The Morgan fingerprint density at radius 3 is 2.15 bits per heavy atom. The van der Waals surface area contributed by atoms with Crippen LogP contribution in [0.5, 0.6) is 0 Å². The van der Waals surface area contributed by atoms with Gasteiger partial charge in [0.15, 0.2) is 0 Å². The van der Waals surface area contributed by atoms with E-state index in [0.717, 1.165) is 38.8 Å². The molecule has 0 unspecified atom stereocenters. The lowest BCUT2D eigenvalue weighted by Gasteiger charge is -2.32.